The van der Waals surface area contributed by atoms with Crippen LogP contribution < -0.4 is 0 Å². The molecule has 1 unspecified atom stereocenters. The number of likely N-dealkylation sites (tertiary alicyclic amines) is 1. The van der Waals surface area contributed by atoms with Crippen molar-refractivity contribution in [3.63, 3.8) is 0 Å². The van der Waals surface area contributed by atoms with Crippen LogP contribution in [0.4, 0.5) is 0 Å². The molecule has 0 amide bonds. The van der Waals surface area contributed by atoms with Gasteiger partial charge in [-0.25, -0.2) is 14.5 Å². The van der Waals surface area contributed by atoms with Gasteiger partial charge >= 0.3 is 5.97 Å². The van der Waals surface area contributed by atoms with Crippen LogP contribution >= 0.6 is 11.8 Å². The minimum Gasteiger partial charge on any atom is -0.477 e. The number of hydrogen-bond acceptors (Lipinski definition) is 5. The first-order valence-corrected chi connectivity index (χ1v) is 8.18. The molecular formula is C15H21N5O2S. The first kappa shape index (κ1) is 17.3. The largest absolute Gasteiger partial charge is 0.477 e. The van der Waals surface area contributed by atoms with Crippen LogP contribution in [0.5, 0.6) is 0 Å². The lowest BCUT2D eigenvalue weighted by Crippen LogP contribution is -2.37. The Morgan fingerprint density at radius 1 is 1.61 bits per heavy atom. The van der Waals surface area contributed by atoms with E-state index >= 15 is 0 Å². The average molecular weight is 335 g/mol. The number of nitrogens with zero attached hydrogens (tertiary/aromatic N) is 4. The summed E-state index contributed by atoms with van der Waals surface area (Å²) in [6.07, 6.45) is 5.34. The van der Waals surface area contributed by atoms with Crippen LogP contribution in [0.15, 0.2) is 23.9 Å². The maximum atomic E-state index is 11.6. The van der Waals surface area contributed by atoms with Gasteiger partial charge in [-0.1, -0.05) is 6.08 Å². The maximum Gasteiger partial charge on any atom is 0.343 e. The number of thioether (sulfide) groups is 1. The second kappa shape index (κ2) is 7.45. The molecule has 124 valence electrons. The SMILES string of the molecule is C=CC1CCCN(C(=N)S/C(C(=O)O)=C(\C)c2ncnn2C)C1. The molecule has 0 aliphatic carbocycles. The van der Waals surface area contributed by atoms with E-state index in [0.29, 0.717) is 23.9 Å². The Hall–Kier alpha value is -2.09. The van der Waals surface area contributed by atoms with E-state index in [9.17, 15) is 9.90 Å². The Morgan fingerprint density at radius 2 is 2.35 bits per heavy atom. The predicted molar refractivity (Wildman–Crippen MR) is 91.0 cm³/mol. The molecule has 0 aromatic carbocycles. The van der Waals surface area contributed by atoms with Gasteiger partial charge in [-0.3, -0.25) is 5.41 Å². The van der Waals surface area contributed by atoms with Gasteiger partial charge in [-0.15, -0.1) is 6.58 Å². The number of carboxylic acids is 1. The molecule has 23 heavy (non-hydrogen) atoms. The van der Waals surface area contributed by atoms with Crippen molar-refractivity contribution in [2.24, 2.45) is 13.0 Å². The van der Waals surface area contributed by atoms with Gasteiger partial charge in [0.2, 0.25) is 0 Å². The van der Waals surface area contributed by atoms with Gasteiger partial charge in [0.15, 0.2) is 11.0 Å². The molecule has 0 saturated carbocycles. The molecule has 2 N–H and O–H groups in total. The number of hydrogen-bond donors (Lipinski definition) is 2. The number of carboxylic acid groups (broad SMARTS) is 1. The summed E-state index contributed by atoms with van der Waals surface area (Å²) in [5.74, 6) is -0.218. The number of aromatic nitrogens is 3. The number of rotatable bonds is 4. The van der Waals surface area contributed by atoms with Crippen LogP contribution in [0.1, 0.15) is 25.6 Å². The lowest BCUT2D eigenvalue weighted by molar-refractivity contribution is -0.131. The fraction of sp³-hybridized carbons (Fsp3) is 0.467. The van der Waals surface area contributed by atoms with Gasteiger partial charge < -0.3 is 10.0 Å². The van der Waals surface area contributed by atoms with Gasteiger partial charge in [0.05, 0.1) is 0 Å². The van der Waals surface area contributed by atoms with E-state index in [1.165, 1.54) is 11.0 Å². The molecule has 1 aliphatic heterocycles. The molecule has 2 heterocycles. The number of aryl methyl sites for hydroxylation is 1. The fourth-order valence-corrected chi connectivity index (χ4v) is 3.39. The van der Waals surface area contributed by atoms with Crippen molar-refractivity contribution < 1.29 is 9.90 Å². The summed E-state index contributed by atoms with van der Waals surface area (Å²) in [6, 6.07) is 0. The highest BCUT2D eigenvalue weighted by molar-refractivity contribution is 8.17. The van der Waals surface area contributed by atoms with E-state index in [1.54, 1.807) is 14.0 Å². The summed E-state index contributed by atoms with van der Waals surface area (Å²) in [5, 5.41) is 22.0. The predicted octanol–water partition coefficient (Wildman–Crippen LogP) is 2.20. The number of carbonyl (C=O) groups is 1. The Bertz CT molecular complexity index is 652. The highest BCUT2D eigenvalue weighted by Crippen LogP contribution is 2.29. The Labute approximate surface area is 139 Å². The Morgan fingerprint density at radius 3 is 2.91 bits per heavy atom. The van der Waals surface area contributed by atoms with Crippen LogP contribution in [0.2, 0.25) is 0 Å². The standard InChI is InChI=1S/C15H21N5O2S/c1-4-11-6-5-7-20(8-11)15(16)23-12(14(21)22)10(2)13-17-9-18-19(13)3/h4,9,11,16H,1,5-8H2,2-3H3,(H,21,22)/b12-10+,16-15?. The molecule has 1 atom stereocenters. The van der Waals surface area contributed by atoms with Crippen molar-refractivity contribution in [3.8, 4) is 0 Å². The van der Waals surface area contributed by atoms with Gasteiger partial charge in [-0.05, 0) is 37.4 Å². The summed E-state index contributed by atoms with van der Waals surface area (Å²) in [6.45, 7) is 6.99. The van der Waals surface area contributed by atoms with Gasteiger partial charge in [0, 0.05) is 25.7 Å². The summed E-state index contributed by atoms with van der Waals surface area (Å²) in [5.41, 5.74) is 0.504. The van der Waals surface area contributed by atoms with Crippen molar-refractivity contribution in [2.75, 3.05) is 13.1 Å². The molecule has 8 heteroatoms. The minimum absolute atomic E-state index is 0.104. The van der Waals surface area contributed by atoms with E-state index in [0.717, 1.165) is 31.1 Å². The lowest BCUT2D eigenvalue weighted by atomic mass is 9.99. The van der Waals surface area contributed by atoms with Crippen molar-refractivity contribution >= 4 is 28.5 Å². The van der Waals surface area contributed by atoms with Crippen molar-refractivity contribution in [1.82, 2.24) is 19.7 Å². The highest BCUT2D eigenvalue weighted by Gasteiger charge is 2.24. The number of nitrogens with one attached hydrogen (secondary N) is 1. The number of piperidine rings is 1. The molecule has 1 aromatic rings. The van der Waals surface area contributed by atoms with Crippen LogP contribution in [0, 0.1) is 11.3 Å². The average Bonchev–Trinajstić information content (AvgIpc) is 2.97. The summed E-state index contributed by atoms with van der Waals surface area (Å²) in [4.78, 5) is 17.7. The zero-order chi connectivity index (χ0) is 17.0. The van der Waals surface area contributed by atoms with Crippen LogP contribution in [0.25, 0.3) is 5.57 Å². The third-order valence-electron chi connectivity index (χ3n) is 3.86. The molecule has 1 saturated heterocycles. The Kier molecular flexibility index (Phi) is 5.59. The number of amidine groups is 1. The molecule has 0 radical (unpaired) electrons. The molecular weight excluding hydrogens is 314 g/mol. The Balaban J connectivity index is 2.20. The lowest BCUT2D eigenvalue weighted by Gasteiger charge is -2.32. The topological polar surface area (TPSA) is 95.1 Å². The van der Waals surface area contributed by atoms with E-state index < -0.39 is 5.97 Å². The van der Waals surface area contributed by atoms with Crippen LogP contribution in [-0.4, -0.2) is 49.0 Å². The van der Waals surface area contributed by atoms with Crippen LogP contribution in [-0.2, 0) is 11.8 Å². The summed E-state index contributed by atoms with van der Waals surface area (Å²) < 4.78 is 1.52. The van der Waals surface area contributed by atoms with Gasteiger partial charge in [0.1, 0.15) is 11.2 Å². The molecule has 1 aromatic heterocycles. The van der Waals surface area contributed by atoms with E-state index in [-0.39, 0.29) is 10.1 Å². The first-order valence-electron chi connectivity index (χ1n) is 7.36. The molecule has 0 bridgehead atoms. The first-order chi connectivity index (χ1) is 10.9. The van der Waals surface area contributed by atoms with E-state index in [4.69, 9.17) is 5.41 Å². The monoisotopic (exact) mass is 335 g/mol. The van der Waals surface area contributed by atoms with Crippen molar-refractivity contribution in [3.05, 3.63) is 29.7 Å². The summed E-state index contributed by atoms with van der Waals surface area (Å²) >= 11 is 0.961. The zero-order valence-corrected chi connectivity index (χ0v) is 14.1. The number of aliphatic carboxylic acids is 1. The highest BCUT2D eigenvalue weighted by atomic mass is 32.2. The third kappa shape index (κ3) is 4.01. The molecule has 1 fully saturated rings. The molecule has 2 rings (SSSR count). The second-order valence-corrected chi connectivity index (χ2v) is 6.46. The smallest absolute Gasteiger partial charge is 0.343 e. The molecule has 7 nitrogen and oxygen atoms in total. The van der Waals surface area contributed by atoms with Crippen molar-refractivity contribution in [2.45, 2.75) is 19.8 Å². The third-order valence-corrected chi connectivity index (χ3v) is 5.00. The van der Waals surface area contributed by atoms with Crippen molar-refractivity contribution in [1.29, 1.82) is 5.41 Å². The normalized spacial score (nSPS) is 19.2. The minimum atomic E-state index is -1.06. The zero-order valence-electron chi connectivity index (χ0n) is 13.3. The quantitative estimate of drug-likeness (QED) is 0.379. The van der Waals surface area contributed by atoms with E-state index in [2.05, 4.69) is 16.7 Å². The number of allylic oxidation sites excluding steroid dienone is 1. The molecule has 0 spiro atoms. The second-order valence-electron chi connectivity index (χ2n) is 5.46. The van der Waals surface area contributed by atoms with Gasteiger partial charge in [0.25, 0.3) is 0 Å². The maximum absolute atomic E-state index is 11.6. The summed E-state index contributed by atoms with van der Waals surface area (Å²) in [7, 11) is 1.71. The fourth-order valence-electron chi connectivity index (χ4n) is 2.57. The van der Waals surface area contributed by atoms with E-state index in [1.807, 2.05) is 11.0 Å². The van der Waals surface area contributed by atoms with Crippen LogP contribution in [0.3, 0.4) is 0 Å². The van der Waals surface area contributed by atoms with Gasteiger partial charge in [-0.2, -0.15) is 5.10 Å². The molecule has 1 aliphatic rings.